The number of amides is 1. The minimum atomic E-state index is 0.213. The smallest absolute Gasteiger partial charge is 0.221 e. The summed E-state index contributed by atoms with van der Waals surface area (Å²) in [7, 11) is 0. The normalized spacial score (nSPS) is 20.0. The molecule has 1 amide bonds. The molecule has 5 heteroatoms. The summed E-state index contributed by atoms with van der Waals surface area (Å²) in [5.74, 6) is 0.213. The third-order valence-corrected chi connectivity index (χ3v) is 7.11. The summed E-state index contributed by atoms with van der Waals surface area (Å²) in [6.07, 6.45) is 25.9. The molecule has 0 saturated carbocycles. The molecule has 202 valence electrons. The highest BCUT2D eigenvalue weighted by molar-refractivity contribution is 5.76. The van der Waals surface area contributed by atoms with Crippen molar-refractivity contribution in [2.75, 3.05) is 39.3 Å². The molecule has 34 heavy (non-hydrogen) atoms. The summed E-state index contributed by atoms with van der Waals surface area (Å²) in [6.45, 7) is 8.34. The van der Waals surface area contributed by atoms with Gasteiger partial charge in [0.25, 0.3) is 0 Å². The molecular formula is C29H60N4O. The second kappa shape index (κ2) is 25.4. The molecule has 1 aliphatic rings. The minimum Gasteiger partial charge on any atom is -0.356 e. The molecule has 1 saturated heterocycles. The standard InChI is InChI=1S/C29H60N4O/c1-2-3-4-5-6-7-8-9-10-11-12-13-14-15-20-28-27-29(34)33-26-19-24-31-22-17-16-21-30-23-18-25-32-28/h28,30-32H,2-27H2,1H3,(H,33,34). The Labute approximate surface area is 212 Å². The van der Waals surface area contributed by atoms with Crippen LogP contribution in [0.15, 0.2) is 0 Å². The molecule has 1 atom stereocenters. The lowest BCUT2D eigenvalue weighted by Crippen LogP contribution is -2.37. The van der Waals surface area contributed by atoms with Gasteiger partial charge in [0.05, 0.1) is 0 Å². The van der Waals surface area contributed by atoms with Crippen LogP contribution in [0.1, 0.15) is 135 Å². The predicted molar refractivity (Wildman–Crippen MR) is 149 cm³/mol. The van der Waals surface area contributed by atoms with Crippen molar-refractivity contribution in [1.82, 2.24) is 21.3 Å². The Kier molecular flexibility index (Phi) is 23.5. The number of hydrogen-bond acceptors (Lipinski definition) is 4. The van der Waals surface area contributed by atoms with E-state index in [2.05, 4.69) is 28.2 Å². The average molecular weight is 481 g/mol. The number of hydrogen-bond donors (Lipinski definition) is 4. The number of nitrogens with one attached hydrogen (secondary N) is 4. The van der Waals surface area contributed by atoms with Crippen molar-refractivity contribution in [3.05, 3.63) is 0 Å². The topological polar surface area (TPSA) is 65.2 Å². The summed E-state index contributed by atoms with van der Waals surface area (Å²) in [5.41, 5.74) is 0. The maximum Gasteiger partial charge on any atom is 0.221 e. The molecular weight excluding hydrogens is 420 g/mol. The Morgan fingerprint density at radius 1 is 0.588 bits per heavy atom. The fourth-order valence-electron chi connectivity index (χ4n) is 4.87. The first kappa shape index (κ1) is 31.4. The fraction of sp³-hybridized carbons (Fsp3) is 0.966. The molecule has 0 aliphatic carbocycles. The highest BCUT2D eigenvalue weighted by Gasteiger charge is 2.13. The third-order valence-electron chi connectivity index (χ3n) is 7.11. The van der Waals surface area contributed by atoms with Crippen molar-refractivity contribution in [1.29, 1.82) is 0 Å². The van der Waals surface area contributed by atoms with Crippen LogP contribution in [0.3, 0.4) is 0 Å². The Balaban J connectivity index is 2.08. The molecule has 4 N–H and O–H groups in total. The van der Waals surface area contributed by atoms with Gasteiger partial charge in [-0.25, -0.2) is 0 Å². The van der Waals surface area contributed by atoms with E-state index in [1.165, 1.54) is 103 Å². The Morgan fingerprint density at radius 3 is 1.62 bits per heavy atom. The molecule has 0 bridgehead atoms. The van der Waals surface area contributed by atoms with Crippen LogP contribution in [0, 0.1) is 0 Å². The van der Waals surface area contributed by atoms with Gasteiger partial charge in [-0.3, -0.25) is 4.79 Å². The number of carbonyl (C=O) groups is 1. The quantitative estimate of drug-likeness (QED) is 0.215. The first-order chi connectivity index (χ1) is 16.8. The van der Waals surface area contributed by atoms with E-state index in [1.54, 1.807) is 0 Å². The molecule has 0 spiro atoms. The van der Waals surface area contributed by atoms with Gasteiger partial charge in [0.2, 0.25) is 5.91 Å². The van der Waals surface area contributed by atoms with Crippen LogP contribution < -0.4 is 21.3 Å². The average Bonchev–Trinajstić information content (AvgIpc) is 2.84. The van der Waals surface area contributed by atoms with Crippen LogP contribution in [0.4, 0.5) is 0 Å². The SMILES string of the molecule is CCCCCCCCCCCCCCCCC1CC(=O)NCCCNCCCCNCCCN1. The zero-order chi connectivity index (χ0) is 24.4. The van der Waals surface area contributed by atoms with Gasteiger partial charge in [0.1, 0.15) is 0 Å². The first-order valence-corrected chi connectivity index (χ1v) is 15.2. The Hall–Kier alpha value is -0.650. The maximum atomic E-state index is 12.4. The molecule has 1 unspecified atom stereocenters. The Bertz CT molecular complexity index is 432. The predicted octanol–water partition coefficient (Wildman–Crippen LogP) is 6.08. The van der Waals surface area contributed by atoms with Gasteiger partial charge in [-0.15, -0.1) is 0 Å². The summed E-state index contributed by atoms with van der Waals surface area (Å²) in [6, 6.07) is 0.325. The van der Waals surface area contributed by atoms with E-state index in [0.717, 1.165) is 58.5 Å². The van der Waals surface area contributed by atoms with Crippen molar-refractivity contribution in [3.63, 3.8) is 0 Å². The van der Waals surface area contributed by atoms with Crippen molar-refractivity contribution >= 4 is 5.91 Å². The van der Waals surface area contributed by atoms with Crippen molar-refractivity contribution < 1.29 is 4.79 Å². The number of unbranched alkanes of at least 4 members (excludes halogenated alkanes) is 13. The van der Waals surface area contributed by atoms with Gasteiger partial charge in [-0.1, -0.05) is 96.8 Å². The molecule has 0 aromatic carbocycles. The molecule has 0 aromatic heterocycles. The van der Waals surface area contributed by atoms with E-state index >= 15 is 0 Å². The van der Waals surface area contributed by atoms with E-state index in [4.69, 9.17) is 0 Å². The highest BCUT2D eigenvalue weighted by Crippen LogP contribution is 2.14. The van der Waals surface area contributed by atoms with E-state index in [-0.39, 0.29) is 5.91 Å². The zero-order valence-corrected chi connectivity index (χ0v) is 22.9. The van der Waals surface area contributed by atoms with Gasteiger partial charge in [-0.05, 0) is 64.8 Å². The molecule has 1 heterocycles. The second-order valence-electron chi connectivity index (χ2n) is 10.5. The van der Waals surface area contributed by atoms with Crippen molar-refractivity contribution in [2.24, 2.45) is 0 Å². The first-order valence-electron chi connectivity index (χ1n) is 15.2. The largest absolute Gasteiger partial charge is 0.356 e. The van der Waals surface area contributed by atoms with Gasteiger partial charge in [-0.2, -0.15) is 0 Å². The van der Waals surface area contributed by atoms with Crippen LogP contribution in [-0.2, 0) is 4.79 Å². The summed E-state index contributed by atoms with van der Waals surface area (Å²) < 4.78 is 0. The van der Waals surface area contributed by atoms with E-state index in [9.17, 15) is 4.79 Å². The van der Waals surface area contributed by atoms with Crippen LogP contribution in [-0.4, -0.2) is 51.2 Å². The van der Waals surface area contributed by atoms with E-state index < -0.39 is 0 Å². The number of rotatable bonds is 15. The molecule has 0 aromatic rings. The summed E-state index contributed by atoms with van der Waals surface area (Å²) >= 11 is 0. The molecule has 0 radical (unpaired) electrons. The molecule has 1 aliphatic heterocycles. The van der Waals surface area contributed by atoms with Gasteiger partial charge in [0, 0.05) is 19.0 Å². The van der Waals surface area contributed by atoms with Gasteiger partial charge in [0.15, 0.2) is 0 Å². The van der Waals surface area contributed by atoms with E-state index in [1.807, 2.05) is 0 Å². The number of carbonyl (C=O) groups excluding carboxylic acids is 1. The monoisotopic (exact) mass is 480 g/mol. The lowest BCUT2D eigenvalue weighted by molar-refractivity contribution is -0.121. The van der Waals surface area contributed by atoms with Crippen LogP contribution in [0.5, 0.6) is 0 Å². The minimum absolute atomic E-state index is 0.213. The highest BCUT2D eigenvalue weighted by atomic mass is 16.1. The molecule has 1 rings (SSSR count). The lowest BCUT2D eigenvalue weighted by atomic mass is 10.0. The van der Waals surface area contributed by atoms with Gasteiger partial charge < -0.3 is 21.3 Å². The van der Waals surface area contributed by atoms with Crippen LogP contribution >= 0.6 is 0 Å². The van der Waals surface area contributed by atoms with Crippen LogP contribution in [0.25, 0.3) is 0 Å². The Morgan fingerprint density at radius 2 is 1.06 bits per heavy atom. The van der Waals surface area contributed by atoms with Crippen LogP contribution in [0.2, 0.25) is 0 Å². The summed E-state index contributed by atoms with van der Waals surface area (Å²) in [5, 5.41) is 13.8. The fourth-order valence-corrected chi connectivity index (χ4v) is 4.87. The molecule has 1 fully saturated rings. The molecule has 5 nitrogen and oxygen atoms in total. The zero-order valence-electron chi connectivity index (χ0n) is 22.9. The third kappa shape index (κ3) is 21.9. The van der Waals surface area contributed by atoms with E-state index in [0.29, 0.717) is 12.5 Å². The van der Waals surface area contributed by atoms with Crippen molar-refractivity contribution in [2.45, 2.75) is 141 Å². The van der Waals surface area contributed by atoms with Gasteiger partial charge >= 0.3 is 0 Å². The summed E-state index contributed by atoms with van der Waals surface area (Å²) in [4.78, 5) is 12.4. The van der Waals surface area contributed by atoms with Crippen molar-refractivity contribution in [3.8, 4) is 0 Å². The lowest BCUT2D eigenvalue weighted by Gasteiger charge is -2.19. The maximum absolute atomic E-state index is 12.4. The second-order valence-corrected chi connectivity index (χ2v) is 10.5.